The van der Waals surface area contributed by atoms with E-state index < -0.39 is 0 Å². The molecule has 6 nitrogen and oxygen atoms in total. The van der Waals surface area contributed by atoms with Crippen molar-refractivity contribution in [3.63, 3.8) is 0 Å². The van der Waals surface area contributed by atoms with Crippen molar-refractivity contribution in [3.05, 3.63) is 92.0 Å². The third-order valence-electron chi connectivity index (χ3n) is 6.20. The van der Waals surface area contributed by atoms with Gasteiger partial charge in [0, 0.05) is 5.56 Å². The van der Waals surface area contributed by atoms with Crippen LogP contribution in [0.3, 0.4) is 0 Å². The lowest BCUT2D eigenvalue weighted by Crippen LogP contribution is -2.32. The molecule has 9 heteroatoms. The second-order valence-electron chi connectivity index (χ2n) is 9.52. The summed E-state index contributed by atoms with van der Waals surface area (Å²) in [6.07, 6.45) is 1.65. The molecule has 0 unspecified atom stereocenters. The molecule has 0 aromatic heterocycles. The Bertz CT molecular complexity index is 1440. The van der Waals surface area contributed by atoms with Gasteiger partial charge in [-0.15, -0.1) is 0 Å². The van der Waals surface area contributed by atoms with E-state index in [2.05, 4.69) is 29.8 Å². The molecule has 0 spiro atoms. The molecule has 0 N–H and O–H groups in total. The summed E-state index contributed by atoms with van der Waals surface area (Å²) in [5.74, 6) is 1.18. The number of aryl methyl sites for hydroxylation is 1. The van der Waals surface area contributed by atoms with Crippen LogP contribution in [0.4, 0.5) is 9.18 Å². The van der Waals surface area contributed by atoms with Crippen molar-refractivity contribution in [2.45, 2.75) is 40.2 Å². The number of hydrogen-bond acceptors (Lipinski definition) is 6. The summed E-state index contributed by atoms with van der Waals surface area (Å²) in [4.78, 5) is 27.3. The summed E-state index contributed by atoms with van der Waals surface area (Å²) >= 11 is 4.40. The van der Waals surface area contributed by atoms with Gasteiger partial charge in [0.1, 0.15) is 24.8 Å². The fourth-order valence-electron chi connectivity index (χ4n) is 4.17. The molecular formula is C31H31BrFNO5S. The Hall–Kier alpha value is -3.30. The van der Waals surface area contributed by atoms with Crippen molar-refractivity contribution in [2.24, 2.45) is 0 Å². The first-order chi connectivity index (χ1) is 19.2. The van der Waals surface area contributed by atoms with Gasteiger partial charge in [0.2, 0.25) is 0 Å². The quantitative estimate of drug-likeness (QED) is 0.200. The molecule has 4 rings (SSSR count). The first-order valence-electron chi connectivity index (χ1n) is 13.0. The largest absolute Gasteiger partial charge is 0.491 e. The fourth-order valence-corrected chi connectivity index (χ4v) is 5.61. The average Bonchev–Trinajstić information content (AvgIpc) is 3.16. The Morgan fingerprint density at radius 1 is 1.02 bits per heavy atom. The van der Waals surface area contributed by atoms with Gasteiger partial charge in [-0.2, -0.15) is 0 Å². The lowest BCUT2D eigenvalue weighted by atomic mass is 10.0. The molecule has 0 saturated carbocycles. The minimum absolute atomic E-state index is 0.0207. The van der Waals surface area contributed by atoms with Gasteiger partial charge in [0.05, 0.1) is 22.5 Å². The monoisotopic (exact) mass is 627 g/mol. The van der Waals surface area contributed by atoms with Crippen LogP contribution in [0.2, 0.25) is 0 Å². The number of nitrogens with zero attached hydrogens (tertiary/aromatic N) is 1. The van der Waals surface area contributed by atoms with Gasteiger partial charge < -0.3 is 14.2 Å². The maximum Gasteiger partial charge on any atom is 0.293 e. The normalized spacial score (nSPS) is 14.4. The number of thioether (sulfide) groups is 1. The third kappa shape index (κ3) is 7.06. The number of rotatable bonds is 11. The molecule has 1 fully saturated rings. The van der Waals surface area contributed by atoms with Crippen molar-refractivity contribution < 1.29 is 28.2 Å². The van der Waals surface area contributed by atoms with Crippen LogP contribution < -0.4 is 14.2 Å². The molecule has 3 aromatic rings. The Morgan fingerprint density at radius 2 is 1.80 bits per heavy atom. The van der Waals surface area contributed by atoms with Gasteiger partial charge in [-0.05, 0) is 94.5 Å². The molecule has 1 heterocycles. The Kier molecular flexibility index (Phi) is 9.92. The summed E-state index contributed by atoms with van der Waals surface area (Å²) in [6, 6.07) is 16.0. The van der Waals surface area contributed by atoms with Crippen LogP contribution in [0.5, 0.6) is 17.2 Å². The van der Waals surface area contributed by atoms with Gasteiger partial charge in [-0.3, -0.25) is 14.5 Å². The molecule has 1 saturated heterocycles. The Labute approximate surface area is 246 Å². The average molecular weight is 629 g/mol. The number of ether oxygens (including phenoxy) is 3. The second kappa shape index (κ2) is 13.4. The third-order valence-corrected chi connectivity index (χ3v) is 7.69. The SMILES string of the molecule is CCOc1cc(/C=C2\SC(=O)N(CCOc3cc(C)ccc3C(C)C)C2=O)cc(Br)c1OCc1ccccc1F. The predicted octanol–water partition coefficient (Wildman–Crippen LogP) is 8.11. The fraction of sp³-hybridized carbons (Fsp3) is 0.290. The van der Waals surface area contributed by atoms with E-state index >= 15 is 0 Å². The van der Waals surface area contributed by atoms with Crippen molar-refractivity contribution in [1.29, 1.82) is 0 Å². The number of amides is 2. The molecule has 0 atom stereocenters. The molecule has 0 bridgehead atoms. The molecule has 3 aromatic carbocycles. The van der Waals surface area contributed by atoms with E-state index in [1.165, 1.54) is 11.0 Å². The first-order valence-corrected chi connectivity index (χ1v) is 14.6. The van der Waals surface area contributed by atoms with Crippen LogP contribution in [-0.4, -0.2) is 35.8 Å². The van der Waals surface area contributed by atoms with Crippen molar-refractivity contribution in [1.82, 2.24) is 4.90 Å². The highest BCUT2D eigenvalue weighted by Crippen LogP contribution is 2.40. The minimum atomic E-state index is -0.374. The number of carbonyl (C=O) groups excluding carboxylic acids is 2. The Morgan fingerprint density at radius 3 is 2.52 bits per heavy atom. The predicted molar refractivity (Wildman–Crippen MR) is 159 cm³/mol. The summed E-state index contributed by atoms with van der Waals surface area (Å²) in [5, 5.41) is -0.345. The van der Waals surface area contributed by atoms with Crippen LogP contribution in [0.15, 0.2) is 64.0 Å². The summed E-state index contributed by atoms with van der Waals surface area (Å²) in [7, 11) is 0. The van der Waals surface area contributed by atoms with Crippen LogP contribution in [0, 0.1) is 12.7 Å². The van der Waals surface area contributed by atoms with E-state index in [1.807, 2.05) is 32.0 Å². The highest BCUT2D eigenvalue weighted by Gasteiger charge is 2.35. The molecular weight excluding hydrogens is 597 g/mol. The van der Waals surface area contributed by atoms with Gasteiger partial charge >= 0.3 is 0 Å². The molecule has 40 heavy (non-hydrogen) atoms. The molecule has 210 valence electrons. The molecule has 0 aliphatic carbocycles. The maximum absolute atomic E-state index is 14.1. The van der Waals surface area contributed by atoms with Crippen molar-refractivity contribution >= 4 is 44.9 Å². The number of benzene rings is 3. The van der Waals surface area contributed by atoms with Crippen molar-refractivity contribution in [3.8, 4) is 17.2 Å². The van der Waals surface area contributed by atoms with Crippen LogP contribution in [0.1, 0.15) is 48.9 Å². The molecule has 1 aliphatic heterocycles. The summed E-state index contributed by atoms with van der Waals surface area (Å²) < 4.78 is 32.3. The van der Waals surface area contributed by atoms with E-state index in [4.69, 9.17) is 14.2 Å². The van der Waals surface area contributed by atoms with E-state index in [0.29, 0.717) is 38.6 Å². The zero-order valence-corrected chi connectivity index (χ0v) is 25.2. The van der Waals surface area contributed by atoms with E-state index in [0.717, 1.165) is 28.6 Å². The summed E-state index contributed by atoms with van der Waals surface area (Å²) in [5.41, 5.74) is 3.23. The smallest absolute Gasteiger partial charge is 0.293 e. The number of carbonyl (C=O) groups is 2. The standard InChI is InChI=1S/C31H31BrFNO5S/c1-5-37-27-16-21(15-24(32)29(27)39-18-22-8-6-7-9-25(22)33)17-28-30(35)34(31(36)40-28)12-13-38-26-14-20(4)10-11-23(26)19(2)3/h6-11,14-17,19H,5,12-13,18H2,1-4H3/b28-17-. The van der Waals surface area contributed by atoms with Crippen LogP contribution in [-0.2, 0) is 11.4 Å². The highest BCUT2D eigenvalue weighted by atomic mass is 79.9. The van der Waals surface area contributed by atoms with Crippen LogP contribution in [0.25, 0.3) is 6.08 Å². The molecule has 0 radical (unpaired) electrons. The van der Waals surface area contributed by atoms with Gasteiger partial charge in [-0.1, -0.05) is 44.2 Å². The number of hydrogen-bond donors (Lipinski definition) is 0. The lowest BCUT2D eigenvalue weighted by molar-refractivity contribution is -0.123. The number of imide groups is 1. The zero-order valence-electron chi connectivity index (χ0n) is 22.8. The van der Waals surface area contributed by atoms with Gasteiger partial charge in [0.25, 0.3) is 11.1 Å². The van der Waals surface area contributed by atoms with Crippen molar-refractivity contribution in [2.75, 3.05) is 19.8 Å². The van der Waals surface area contributed by atoms with E-state index in [9.17, 15) is 14.0 Å². The topological polar surface area (TPSA) is 65.1 Å². The van der Waals surface area contributed by atoms with E-state index in [-0.39, 0.29) is 42.6 Å². The minimum Gasteiger partial charge on any atom is -0.491 e. The lowest BCUT2D eigenvalue weighted by Gasteiger charge is -2.17. The maximum atomic E-state index is 14.1. The Balaban J connectivity index is 1.47. The highest BCUT2D eigenvalue weighted by molar-refractivity contribution is 9.10. The first kappa shape index (κ1) is 29.7. The second-order valence-corrected chi connectivity index (χ2v) is 11.4. The molecule has 2 amide bonds. The van der Waals surface area contributed by atoms with Gasteiger partial charge in [-0.25, -0.2) is 4.39 Å². The van der Waals surface area contributed by atoms with Crippen LogP contribution >= 0.6 is 27.7 Å². The number of halogens is 2. The van der Waals surface area contributed by atoms with Gasteiger partial charge in [0.15, 0.2) is 11.5 Å². The van der Waals surface area contributed by atoms with E-state index in [1.54, 1.807) is 36.4 Å². The summed E-state index contributed by atoms with van der Waals surface area (Å²) in [6.45, 7) is 8.76. The molecule has 1 aliphatic rings. The zero-order chi connectivity index (χ0) is 28.8.